The van der Waals surface area contributed by atoms with Gasteiger partial charge < -0.3 is 13.9 Å². The molecule has 1 aromatic rings. The number of hydrogen-bond donors (Lipinski definition) is 0. The first kappa shape index (κ1) is 18.6. The Hall–Kier alpha value is -1.45. The number of nitrogens with zero attached hydrogens (tertiary/aromatic N) is 2. The second-order valence-electron chi connectivity index (χ2n) is 4.40. The topological polar surface area (TPSA) is 98.9 Å². The van der Waals surface area contributed by atoms with E-state index < -0.39 is 16.0 Å². The van der Waals surface area contributed by atoms with Gasteiger partial charge in [0.05, 0.1) is 19.4 Å². The highest BCUT2D eigenvalue weighted by molar-refractivity contribution is 7.89. The van der Waals surface area contributed by atoms with Crippen molar-refractivity contribution >= 4 is 16.0 Å². The lowest BCUT2D eigenvalue weighted by molar-refractivity contribution is 0.0594. The van der Waals surface area contributed by atoms with E-state index in [4.69, 9.17) is 9.15 Å². The van der Waals surface area contributed by atoms with E-state index >= 15 is 0 Å². The fourth-order valence-corrected chi connectivity index (χ4v) is 2.80. The summed E-state index contributed by atoms with van der Waals surface area (Å²) in [6.45, 7) is 4.78. The molecule has 0 N–H and O–H groups in total. The summed E-state index contributed by atoms with van der Waals surface area (Å²) in [5.74, 6) is -0.503. The lowest BCUT2D eigenvalue weighted by atomic mass is 10.4. The molecule has 0 saturated carbocycles. The van der Waals surface area contributed by atoms with E-state index in [-0.39, 0.29) is 23.9 Å². The van der Waals surface area contributed by atoms with Crippen LogP contribution in [0.25, 0.3) is 0 Å². The average Bonchev–Trinajstić information content (AvgIpc) is 2.98. The van der Waals surface area contributed by atoms with Crippen LogP contribution in [0.2, 0.25) is 0 Å². The van der Waals surface area contributed by atoms with E-state index in [1.165, 1.54) is 11.4 Å². The van der Waals surface area contributed by atoms with Gasteiger partial charge in [0.1, 0.15) is 6.26 Å². The molecule has 0 atom stereocenters. The average molecular weight is 334 g/mol. The van der Waals surface area contributed by atoms with E-state index in [0.717, 1.165) is 6.26 Å². The van der Waals surface area contributed by atoms with Crippen LogP contribution in [0, 0.1) is 0 Å². The molecule has 0 aliphatic rings. The molecule has 0 aromatic carbocycles. The van der Waals surface area contributed by atoms with E-state index in [1.807, 2.05) is 6.92 Å². The molecule has 0 unspecified atom stereocenters. The molecule has 8 nitrogen and oxygen atoms in total. The van der Waals surface area contributed by atoms with Crippen molar-refractivity contribution in [3.63, 3.8) is 0 Å². The minimum atomic E-state index is -3.40. The van der Waals surface area contributed by atoms with Crippen LogP contribution in [-0.2, 0) is 26.0 Å². The van der Waals surface area contributed by atoms with Crippen molar-refractivity contribution in [1.82, 2.24) is 9.29 Å². The molecule has 0 amide bonds. The maximum absolute atomic E-state index is 12.1. The number of sulfonamides is 1. The zero-order chi connectivity index (χ0) is 16.6. The number of carbonyl (C=O) groups excluding carboxylic acids is 1. The number of aromatic nitrogens is 1. The minimum Gasteiger partial charge on any atom is -0.464 e. The molecule has 0 radical (unpaired) electrons. The largest absolute Gasteiger partial charge is 0.464 e. The third-order valence-corrected chi connectivity index (χ3v) is 4.74. The number of esters is 1. The van der Waals surface area contributed by atoms with Crippen LogP contribution in [0.5, 0.6) is 0 Å². The number of carbonyl (C=O) groups is 1. The molecule has 0 bridgehead atoms. The Morgan fingerprint density at radius 3 is 2.73 bits per heavy atom. The summed E-state index contributed by atoms with van der Waals surface area (Å²) in [5, 5.41) is 0. The van der Waals surface area contributed by atoms with E-state index in [9.17, 15) is 13.2 Å². The highest BCUT2D eigenvalue weighted by atomic mass is 32.2. The maximum Gasteiger partial charge on any atom is 0.360 e. The Bertz CT molecular complexity index is 569. The Labute approximate surface area is 130 Å². The third-order valence-electron chi connectivity index (χ3n) is 2.92. The van der Waals surface area contributed by atoms with Crippen molar-refractivity contribution in [3.05, 3.63) is 17.8 Å². The summed E-state index contributed by atoms with van der Waals surface area (Å²) in [7, 11) is -2.17. The number of hydrogen-bond acceptors (Lipinski definition) is 7. The number of methoxy groups -OCH3 is 1. The van der Waals surface area contributed by atoms with Crippen LogP contribution in [0.1, 0.15) is 36.6 Å². The Morgan fingerprint density at radius 1 is 1.41 bits per heavy atom. The van der Waals surface area contributed by atoms with Crippen molar-refractivity contribution in [2.75, 3.05) is 32.6 Å². The smallest absolute Gasteiger partial charge is 0.360 e. The molecular weight excluding hydrogens is 312 g/mol. The van der Waals surface area contributed by atoms with Crippen molar-refractivity contribution in [2.24, 2.45) is 0 Å². The van der Waals surface area contributed by atoms with Gasteiger partial charge >= 0.3 is 5.97 Å². The molecule has 0 spiro atoms. The number of oxazole rings is 1. The van der Waals surface area contributed by atoms with Crippen molar-refractivity contribution < 1.29 is 27.1 Å². The summed E-state index contributed by atoms with van der Waals surface area (Å²) >= 11 is 0. The third kappa shape index (κ3) is 5.39. The quantitative estimate of drug-likeness (QED) is 0.465. The first-order chi connectivity index (χ1) is 10.4. The van der Waals surface area contributed by atoms with Gasteiger partial charge in [-0.15, -0.1) is 0 Å². The van der Waals surface area contributed by atoms with Gasteiger partial charge in [-0.25, -0.2) is 18.2 Å². The monoisotopic (exact) mass is 334 g/mol. The van der Waals surface area contributed by atoms with E-state index in [1.54, 1.807) is 6.92 Å². The van der Waals surface area contributed by atoms with Crippen LogP contribution in [0.4, 0.5) is 0 Å². The van der Waals surface area contributed by atoms with E-state index in [0.29, 0.717) is 26.2 Å². The molecule has 9 heteroatoms. The second-order valence-corrected chi connectivity index (χ2v) is 6.66. The Balaban J connectivity index is 2.75. The molecule has 0 saturated heterocycles. The van der Waals surface area contributed by atoms with E-state index in [2.05, 4.69) is 9.72 Å². The second kappa shape index (κ2) is 8.86. The van der Waals surface area contributed by atoms with Gasteiger partial charge in [-0.3, -0.25) is 0 Å². The highest BCUT2D eigenvalue weighted by Gasteiger charge is 2.23. The molecule has 126 valence electrons. The van der Waals surface area contributed by atoms with Crippen LogP contribution in [0.3, 0.4) is 0 Å². The summed E-state index contributed by atoms with van der Waals surface area (Å²) in [6, 6.07) is 0. The SMILES string of the molecule is CCOCCCN(Cc1nc(C(=O)OC)co1)S(=O)(=O)CC. The van der Waals surface area contributed by atoms with Gasteiger partial charge in [0.15, 0.2) is 5.69 Å². The predicted molar refractivity (Wildman–Crippen MR) is 78.8 cm³/mol. The summed E-state index contributed by atoms with van der Waals surface area (Å²) in [6.07, 6.45) is 1.72. The van der Waals surface area contributed by atoms with Gasteiger partial charge in [0.25, 0.3) is 0 Å². The molecule has 1 aromatic heterocycles. The number of rotatable bonds is 10. The van der Waals surface area contributed by atoms with Crippen LogP contribution in [0.15, 0.2) is 10.7 Å². The molecule has 1 heterocycles. The van der Waals surface area contributed by atoms with Gasteiger partial charge in [-0.1, -0.05) is 0 Å². The normalized spacial score (nSPS) is 11.8. The maximum atomic E-state index is 12.1. The molecule has 0 aliphatic carbocycles. The van der Waals surface area contributed by atoms with Gasteiger partial charge in [0, 0.05) is 19.8 Å². The van der Waals surface area contributed by atoms with Gasteiger partial charge in [-0.2, -0.15) is 4.31 Å². The lowest BCUT2D eigenvalue weighted by Crippen LogP contribution is -2.33. The predicted octanol–water partition coefficient (Wildman–Crippen LogP) is 1.04. The van der Waals surface area contributed by atoms with Gasteiger partial charge in [0.2, 0.25) is 15.9 Å². The van der Waals surface area contributed by atoms with Crippen LogP contribution in [-0.4, -0.2) is 56.3 Å². The first-order valence-corrected chi connectivity index (χ1v) is 8.63. The van der Waals surface area contributed by atoms with Crippen LogP contribution >= 0.6 is 0 Å². The Kier molecular flexibility index (Phi) is 7.49. The molecular formula is C13H22N2O6S. The molecule has 1 rings (SSSR count). The zero-order valence-electron chi connectivity index (χ0n) is 13.1. The molecule has 0 fully saturated rings. The molecule has 0 aliphatic heterocycles. The zero-order valence-corrected chi connectivity index (χ0v) is 13.9. The van der Waals surface area contributed by atoms with Gasteiger partial charge in [-0.05, 0) is 20.3 Å². The van der Waals surface area contributed by atoms with Crippen molar-refractivity contribution in [3.8, 4) is 0 Å². The summed E-state index contributed by atoms with van der Waals surface area (Å²) < 4.78 is 40.3. The van der Waals surface area contributed by atoms with Crippen LogP contribution < -0.4 is 0 Å². The lowest BCUT2D eigenvalue weighted by Gasteiger charge is -2.19. The number of ether oxygens (including phenoxy) is 2. The Morgan fingerprint density at radius 2 is 2.14 bits per heavy atom. The van der Waals surface area contributed by atoms with Crippen molar-refractivity contribution in [1.29, 1.82) is 0 Å². The summed E-state index contributed by atoms with van der Waals surface area (Å²) in [5.41, 5.74) is 0.0145. The minimum absolute atomic E-state index is 0.0145. The van der Waals surface area contributed by atoms with Crippen molar-refractivity contribution in [2.45, 2.75) is 26.8 Å². The highest BCUT2D eigenvalue weighted by Crippen LogP contribution is 2.11. The molecule has 22 heavy (non-hydrogen) atoms. The summed E-state index contributed by atoms with van der Waals surface area (Å²) in [4.78, 5) is 15.3. The fraction of sp³-hybridized carbons (Fsp3) is 0.692. The standard InChI is InChI=1S/C13H22N2O6S/c1-4-20-8-6-7-15(22(17,18)5-2)9-12-14-11(10-21-12)13(16)19-3/h10H,4-9H2,1-3H3. The fourth-order valence-electron chi connectivity index (χ4n) is 1.72. The first-order valence-electron chi connectivity index (χ1n) is 7.02.